The molecule has 9 nitrogen and oxygen atoms in total. The van der Waals surface area contributed by atoms with Crippen molar-refractivity contribution in [3.05, 3.63) is 64.2 Å². The molecular formula is C19H23N3O6S. The van der Waals surface area contributed by atoms with Gasteiger partial charge in [-0.3, -0.25) is 19.2 Å². The van der Waals surface area contributed by atoms with Crippen LogP contribution < -0.4 is 14.4 Å². The van der Waals surface area contributed by atoms with E-state index in [-0.39, 0.29) is 23.0 Å². The first kappa shape index (κ1) is 22.2. The van der Waals surface area contributed by atoms with E-state index in [2.05, 4.69) is 5.32 Å². The standard InChI is InChI=1S/C19H23N3O6S/c1-14(15-7-5-4-6-8-15)12-20-19(23)13-21(29(3,26)27)17-11-16(22(24)25)9-10-18(17)28-2/h4-11,14H,12-13H2,1-3H3,(H,20,23). The van der Waals surface area contributed by atoms with Gasteiger partial charge in [-0.05, 0) is 17.5 Å². The molecule has 0 spiro atoms. The highest BCUT2D eigenvalue weighted by Gasteiger charge is 2.26. The topological polar surface area (TPSA) is 119 Å². The normalized spacial score (nSPS) is 12.1. The number of amides is 1. The van der Waals surface area contributed by atoms with E-state index < -0.39 is 27.4 Å². The maximum absolute atomic E-state index is 12.4. The van der Waals surface area contributed by atoms with Crippen LogP contribution >= 0.6 is 0 Å². The number of nitrogens with one attached hydrogen (secondary N) is 1. The van der Waals surface area contributed by atoms with Crippen LogP contribution in [0.15, 0.2) is 48.5 Å². The van der Waals surface area contributed by atoms with E-state index in [1.165, 1.54) is 19.2 Å². The molecule has 1 amide bonds. The molecule has 2 rings (SSSR count). The summed E-state index contributed by atoms with van der Waals surface area (Å²) in [6, 6.07) is 13.1. The molecular weight excluding hydrogens is 398 g/mol. The quantitative estimate of drug-likeness (QED) is 0.490. The van der Waals surface area contributed by atoms with Crippen molar-refractivity contribution < 1.29 is 22.9 Å². The third kappa shape index (κ3) is 5.92. The molecule has 2 aromatic carbocycles. The lowest BCUT2D eigenvalue weighted by Gasteiger charge is -2.24. The van der Waals surface area contributed by atoms with Crippen LogP contribution in [0, 0.1) is 10.1 Å². The van der Waals surface area contributed by atoms with Gasteiger partial charge in [0.15, 0.2) is 0 Å². The van der Waals surface area contributed by atoms with Crippen molar-refractivity contribution >= 4 is 27.3 Å². The van der Waals surface area contributed by atoms with Gasteiger partial charge in [-0.25, -0.2) is 8.42 Å². The zero-order chi connectivity index (χ0) is 21.6. The zero-order valence-corrected chi connectivity index (χ0v) is 17.2. The molecule has 1 unspecified atom stereocenters. The second kappa shape index (κ2) is 9.37. The van der Waals surface area contributed by atoms with Crippen molar-refractivity contribution in [3.8, 4) is 5.75 Å². The molecule has 0 aliphatic carbocycles. The van der Waals surface area contributed by atoms with Gasteiger partial charge in [0.05, 0.1) is 18.3 Å². The molecule has 0 heterocycles. The number of non-ortho nitro benzene ring substituents is 1. The van der Waals surface area contributed by atoms with Crippen molar-refractivity contribution in [1.29, 1.82) is 0 Å². The number of methoxy groups -OCH3 is 1. The SMILES string of the molecule is COc1ccc([N+](=O)[O-])cc1N(CC(=O)NCC(C)c1ccccc1)S(C)(=O)=O. The summed E-state index contributed by atoms with van der Waals surface area (Å²) in [5.41, 5.74) is 0.649. The Morgan fingerprint density at radius 3 is 2.45 bits per heavy atom. The van der Waals surface area contributed by atoms with Gasteiger partial charge in [-0.15, -0.1) is 0 Å². The van der Waals surface area contributed by atoms with Gasteiger partial charge in [0, 0.05) is 18.7 Å². The number of nitro groups is 1. The van der Waals surface area contributed by atoms with Crippen molar-refractivity contribution in [1.82, 2.24) is 5.32 Å². The minimum Gasteiger partial charge on any atom is -0.495 e. The number of rotatable bonds is 9. The summed E-state index contributed by atoms with van der Waals surface area (Å²) in [6.45, 7) is 1.72. The Morgan fingerprint density at radius 2 is 1.90 bits per heavy atom. The lowest BCUT2D eigenvalue weighted by Crippen LogP contribution is -2.41. The number of benzene rings is 2. The van der Waals surface area contributed by atoms with Crippen LogP contribution in [-0.4, -0.2) is 45.7 Å². The molecule has 0 fully saturated rings. The van der Waals surface area contributed by atoms with E-state index in [9.17, 15) is 23.3 Å². The Hall–Kier alpha value is -3.14. The first-order valence-corrected chi connectivity index (χ1v) is 10.6. The molecule has 0 radical (unpaired) electrons. The second-order valence-corrected chi connectivity index (χ2v) is 8.41. The first-order chi connectivity index (χ1) is 13.6. The summed E-state index contributed by atoms with van der Waals surface area (Å²) in [7, 11) is -2.60. The number of hydrogen-bond acceptors (Lipinski definition) is 6. The number of carbonyl (C=O) groups excluding carboxylic acids is 1. The minimum absolute atomic E-state index is 0.0270. The zero-order valence-electron chi connectivity index (χ0n) is 16.4. The van der Waals surface area contributed by atoms with Crippen LogP contribution in [-0.2, 0) is 14.8 Å². The van der Waals surface area contributed by atoms with Gasteiger partial charge in [-0.2, -0.15) is 0 Å². The predicted octanol–water partition coefficient (Wildman–Crippen LogP) is 2.29. The lowest BCUT2D eigenvalue weighted by atomic mass is 10.0. The van der Waals surface area contributed by atoms with Gasteiger partial charge in [0.2, 0.25) is 15.9 Å². The van der Waals surface area contributed by atoms with E-state index in [0.717, 1.165) is 22.2 Å². The molecule has 156 valence electrons. The van der Waals surface area contributed by atoms with Gasteiger partial charge >= 0.3 is 0 Å². The number of nitrogens with zero attached hydrogens (tertiary/aromatic N) is 2. The molecule has 1 atom stereocenters. The number of carbonyl (C=O) groups is 1. The summed E-state index contributed by atoms with van der Waals surface area (Å²) < 4.78 is 30.5. The molecule has 29 heavy (non-hydrogen) atoms. The van der Waals surface area contributed by atoms with E-state index in [1.807, 2.05) is 37.3 Å². The molecule has 0 aliphatic rings. The summed E-state index contributed by atoms with van der Waals surface area (Å²) >= 11 is 0. The Labute approximate surface area is 169 Å². The average Bonchev–Trinajstić information content (AvgIpc) is 2.69. The highest BCUT2D eigenvalue weighted by Crippen LogP contribution is 2.33. The van der Waals surface area contributed by atoms with Gasteiger partial charge in [0.1, 0.15) is 18.0 Å². The number of ether oxygens (including phenoxy) is 1. The van der Waals surface area contributed by atoms with Crippen molar-refractivity contribution in [2.45, 2.75) is 12.8 Å². The maximum Gasteiger partial charge on any atom is 0.271 e. The van der Waals surface area contributed by atoms with Crippen molar-refractivity contribution in [2.24, 2.45) is 0 Å². The van der Waals surface area contributed by atoms with E-state index in [1.54, 1.807) is 0 Å². The minimum atomic E-state index is -3.91. The van der Waals surface area contributed by atoms with E-state index in [4.69, 9.17) is 4.74 Å². The number of hydrogen-bond donors (Lipinski definition) is 1. The monoisotopic (exact) mass is 421 g/mol. The third-order valence-electron chi connectivity index (χ3n) is 4.30. The van der Waals surface area contributed by atoms with Crippen LogP contribution in [0.2, 0.25) is 0 Å². The Bertz CT molecular complexity index is 979. The highest BCUT2D eigenvalue weighted by atomic mass is 32.2. The van der Waals surface area contributed by atoms with E-state index >= 15 is 0 Å². The molecule has 10 heteroatoms. The third-order valence-corrected chi connectivity index (χ3v) is 5.43. The molecule has 1 N–H and O–H groups in total. The molecule has 0 saturated heterocycles. The van der Waals surface area contributed by atoms with Gasteiger partial charge in [0.25, 0.3) is 5.69 Å². The predicted molar refractivity (Wildman–Crippen MR) is 110 cm³/mol. The average molecular weight is 421 g/mol. The van der Waals surface area contributed by atoms with Crippen LogP contribution in [0.3, 0.4) is 0 Å². The second-order valence-electron chi connectivity index (χ2n) is 6.50. The molecule has 0 saturated carbocycles. The van der Waals surface area contributed by atoms with Crippen LogP contribution in [0.25, 0.3) is 0 Å². The Kier molecular flexibility index (Phi) is 7.16. The van der Waals surface area contributed by atoms with Crippen molar-refractivity contribution in [3.63, 3.8) is 0 Å². The summed E-state index contributed by atoms with van der Waals surface area (Å²) in [5.74, 6) is -0.405. The summed E-state index contributed by atoms with van der Waals surface area (Å²) in [4.78, 5) is 22.9. The fourth-order valence-corrected chi connectivity index (χ4v) is 3.57. The molecule has 0 bridgehead atoms. The summed E-state index contributed by atoms with van der Waals surface area (Å²) in [5, 5.41) is 13.8. The Morgan fingerprint density at radius 1 is 1.24 bits per heavy atom. The van der Waals surface area contributed by atoms with Crippen LogP contribution in [0.1, 0.15) is 18.4 Å². The molecule has 0 aromatic heterocycles. The smallest absolute Gasteiger partial charge is 0.271 e. The number of nitro benzene ring substituents is 1. The first-order valence-electron chi connectivity index (χ1n) is 8.75. The van der Waals surface area contributed by atoms with E-state index in [0.29, 0.717) is 6.54 Å². The fourth-order valence-electron chi connectivity index (χ4n) is 2.72. The fraction of sp³-hybridized carbons (Fsp3) is 0.316. The number of anilines is 1. The molecule has 2 aromatic rings. The van der Waals surface area contributed by atoms with Crippen LogP contribution in [0.5, 0.6) is 5.75 Å². The van der Waals surface area contributed by atoms with Gasteiger partial charge in [-0.1, -0.05) is 37.3 Å². The van der Waals surface area contributed by atoms with Crippen LogP contribution in [0.4, 0.5) is 11.4 Å². The summed E-state index contributed by atoms with van der Waals surface area (Å²) in [6.07, 6.45) is 0.922. The largest absolute Gasteiger partial charge is 0.495 e. The molecule has 0 aliphatic heterocycles. The maximum atomic E-state index is 12.4. The lowest BCUT2D eigenvalue weighted by molar-refractivity contribution is -0.384. The van der Waals surface area contributed by atoms with Gasteiger partial charge < -0.3 is 10.1 Å². The highest BCUT2D eigenvalue weighted by molar-refractivity contribution is 7.92. The van der Waals surface area contributed by atoms with Crippen molar-refractivity contribution in [2.75, 3.05) is 30.8 Å². The Balaban J connectivity index is 2.21. The number of sulfonamides is 1.